The highest BCUT2D eigenvalue weighted by Crippen LogP contribution is 2.37. The van der Waals surface area contributed by atoms with E-state index in [-0.39, 0.29) is 27.8 Å². The van der Waals surface area contributed by atoms with Crippen molar-refractivity contribution in [3.8, 4) is 23.0 Å². The molecule has 0 saturated heterocycles. The summed E-state index contributed by atoms with van der Waals surface area (Å²) in [7, 11) is 1.09. The van der Waals surface area contributed by atoms with Crippen molar-refractivity contribution in [2.45, 2.75) is 4.90 Å². The summed E-state index contributed by atoms with van der Waals surface area (Å²) in [5.74, 6) is -2.18. The van der Waals surface area contributed by atoms with Gasteiger partial charge in [0.25, 0.3) is 10.0 Å². The molecule has 0 fully saturated rings. The van der Waals surface area contributed by atoms with E-state index in [9.17, 15) is 22.0 Å². The van der Waals surface area contributed by atoms with E-state index in [1.165, 1.54) is 58.8 Å². The number of rotatable bonds is 10. The monoisotopic (exact) mass is 522 g/mol. The van der Waals surface area contributed by atoms with Crippen LogP contribution in [0.15, 0.2) is 59.5 Å². The third-order valence-corrected chi connectivity index (χ3v) is 6.84. The summed E-state index contributed by atoms with van der Waals surface area (Å²) in [5, 5.41) is 2.37. The van der Waals surface area contributed by atoms with Crippen molar-refractivity contribution in [3.63, 3.8) is 0 Å². The average Bonchev–Trinajstić information content (AvgIpc) is 2.88. The van der Waals surface area contributed by atoms with E-state index in [1.54, 1.807) is 6.07 Å². The Morgan fingerprint density at radius 1 is 0.806 bits per heavy atom. The third-order valence-electron chi connectivity index (χ3n) is 5.09. The maximum atomic E-state index is 13.8. The van der Waals surface area contributed by atoms with Crippen molar-refractivity contribution >= 4 is 27.3 Å². The molecule has 0 bridgehead atoms. The first-order chi connectivity index (χ1) is 17.1. The standard InChI is InChI=1S/C24H24F2N2O7S/c1-32-16-6-9-21(33-2)20(12-16)28(14-24(29)27-15-5-8-18(25)19(26)11-15)36(30,31)17-7-10-22(34-3)23(13-17)35-4/h5-13H,14H2,1-4H3,(H,27,29). The van der Waals surface area contributed by atoms with Crippen LogP contribution in [-0.4, -0.2) is 49.3 Å². The van der Waals surface area contributed by atoms with Gasteiger partial charge in [0, 0.05) is 23.9 Å². The van der Waals surface area contributed by atoms with Crippen LogP contribution in [0.4, 0.5) is 20.2 Å². The number of hydrogen-bond acceptors (Lipinski definition) is 7. The zero-order valence-corrected chi connectivity index (χ0v) is 20.7. The number of sulfonamides is 1. The summed E-state index contributed by atoms with van der Waals surface area (Å²) < 4.78 is 76.2. The number of anilines is 2. The van der Waals surface area contributed by atoms with Gasteiger partial charge in [0.2, 0.25) is 5.91 Å². The maximum Gasteiger partial charge on any atom is 0.265 e. The Kier molecular flexibility index (Phi) is 8.20. The van der Waals surface area contributed by atoms with Crippen LogP contribution in [0, 0.1) is 11.6 Å². The molecule has 0 aliphatic carbocycles. The number of nitrogens with zero attached hydrogens (tertiary/aromatic N) is 1. The summed E-state index contributed by atoms with van der Waals surface area (Å²) in [6.07, 6.45) is 0. The first-order valence-corrected chi connectivity index (χ1v) is 11.8. The van der Waals surface area contributed by atoms with Gasteiger partial charge >= 0.3 is 0 Å². The fourth-order valence-electron chi connectivity index (χ4n) is 3.30. The van der Waals surface area contributed by atoms with Crippen LogP contribution in [0.1, 0.15) is 0 Å². The summed E-state index contributed by atoms with van der Waals surface area (Å²) in [4.78, 5) is 12.7. The Hall–Kier alpha value is -4.06. The van der Waals surface area contributed by atoms with Crippen LogP contribution in [0.25, 0.3) is 0 Å². The van der Waals surface area contributed by atoms with Crippen molar-refractivity contribution < 1.29 is 40.9 Å². The lowest BCUT2D eigenvalue weighted by Crippen LogP contribution is -2.38. The Morgan fingerprint density at radius 3 is 2.08 bits per heavy atom. The molecule has 0 unspecified atom stereocenters. The van der Waals surface area contributed by atoms with E-state index in [1.807, 2.05) is 0 Å². The molecule has 0 aromatic heterocycles. The van der Waals surface area contributed by atoms with Gasteiger partial charge in [-0.3, -0.25) is 9.10 Å². The smallest absolute Gasteiger partial charge is 0.265 e. The Balaban J connectivity index is 2.09. The molecule has 0 spiro atoms. The molecule has 9 nitrogen and oxygen atoms in total. The van der Waals surface area contributed by atoms with Gasteiger partial charge in [-0.05, 0) is 36.4 Å². The molecule has 0 saturated carbocycles. The van der Waals surface area contributed by atoms with Crippen molar-refractivity contribution in [3.05, 3.63) is 66.2 Å². The van der Waals surface area contributed by atoms with Gasteiger partial charge in [0.15, 0.2) is 23.1 Å². The highest BCUT2D eigenvalue weighted by Gasteiger charge is 2.31. The second-order valence-electron chi connectivity index (χ2n) is 7.24. The second-order valence-corrected chi connectivity index (χ2v) is 9.11. The molecule has 3 aromatic rings. The van der Waals surface area contributed by atoms with E-state index in [2.05, 4.69) is 5.32 Å². The first-order valence-electron chi connectivity index (χ1n) is 10.4. The number of methoxy groups -OCH3 is 4. The molecule has 3 rings (SSSR count). The van der Waals surface area contributed by atoms with E-state index in [0.717, 1.165) is 22.5 Å². The molecule has 36 heavy (non-hydrogen) atoms. The normalized spacial score (nSPS) is 10.9. The number of nitrogens with one attached hydrogen (secondary N) is 1. The van der Waals surface area contributed by atoms with Crippen molar-refractivity contribution in [1.29, 1.82) is 0 Å². The summed E-state index contributed by atoms with van der Waals surface area (Å²) in [6, 6.07) is 11.2. The quantitative estimate of drug-likeness (QED) is 0.432. The highest BCUT2D eigenvalue weighted by molar-refractivity contribution is 7.92. The van der Waals surface area contributed by atoms with Gasteiger partial charge in [-0.2, -0.15) is 0 Å². The van der Waals surface area contributed by atoms with Crippen molar-refractivity contribution in [1.82, 2.24) is 0 Å². The number of hydrogen-bond donors (Lipinski definition) is 1. The number of ether oxygens (including phenoxy) is 4. The van der Waals surface area contributed by atoms with E-state index < -0.39 is 34.1 Å². The van der Waals surface area contributed by atoms with Crippen molar-refractivity contribution in [2.75, 3.05) is 44.6 Å². The SMILES string of the molecule is COc1ccc(OC)c(N(CC(=O)Nc2ccc(F)c(F)c2)S(=O)(=O)c2ccc(OC)c(OC)c2)c1. The van der Waals surface area contributed by atoms with Gasteiger partial charge in [-0.25, -0.2) is 17.2 Å². The molecule has 0 aliphatic heterocycles. The predicted octanol–water partition coefficient (Wildman–Crippen LogP) is 3.83. The summed E-state index contributed by atoms with van der Waals surface area (Å²) in [5.41, 5.74) is -0.0490. The predicted molar refractivity (Wildman–Crippen MR) is 129 cm³/mol. The highest BCUT2D eigenvalue weighted by atomic mass is 32.2. The average molecular weight is 523 g/mol. The minimum Gasteiger partial charge on any atom is -0.497 e. The molecule has 0 atom stereocenters. The van der Waals surface area contributed by atoms with Crippen LogP contribution in [-0.2, 0) is 14.8 Å². The molecular weight excluding hydrogens is 498 g/mol. The second kappa shape index (κ2) is 11.1. The lowest BCUT2D eigenvalue weighted by atomic mass is 10.2. The maximum absolute atomic E-state index is 13.8. The van der Waals surface area contributed by atoms with Gasteiger partial charge in [-0.1, -0.05) is 0 Å². The molecule has 0 radical (unpaired) electrons. The van der Waals surface area contributed by atoms with E-state index in [0.29, 0.717) is 11.5 Å². The first kappa shape index (κ1) is 26.5. The lowest BCUT2D eigenvalue weighted by molar-refractivity contribution is -0.114. The van der Waals surface area contributed by atoms with Crippen LogP contribution >= 0.6 is 0 Å². The summed E-state index contributed by atoms with van der Waals surface area (Å²) >= 11 is 0. The summed E-state index contributed by atoms with van der Waals surface area (Å²) in [6.45, 7) is -0.737. The molecule has 12 heteroatoms. The third kappa shape index (κ3) is 5.60. The zero-order chi connectivity index (χ0) is 26.5. The molecule has 1 amide bonds. The molecular formula is C24H24F2N2O7S. The van der Waals surface area contributed by atoms with Crippen LogP contribution < -0.4 is 28.6 Å². The van der Waals surface area contributed by atoms with E-state index in [4.69, 9.17) is 18.9 Å². The Labute approximate surface area is 207 Å². The molecule has 3 aromatic carbocycles. The van der Waals surface area contributed by atoms with E-state index >= 15 is 0 Å². The van der Waals surface area contributed by atoms with Crippen LogP contribution in [0.2, 0.25) is 0 Å². The lowest BCUT2D eigenvalue weighted by Gasteiger charge is -2.26. The van der Waals surface area contributed by atoms with Gasteiger partial charge < -0.3 is 24.3 Å². The number of benzene rings is 3. The largest absolute Gasteiger partial charge is 0.497 e. The number of carbonyl (C=O) groups is 1. The number of carbonyl (C=O) groups excluding carboxylic acids is 1. The van der Waals surface area contributed by atoms with Gasteiger partial charge in [0.1, 0.15) is 18.0 Å². The topological polar surface area (TPSA) is 103 Å². The fourth-order valence-corrected chi connectivity index (χ4v) is 4.74. The molecule has 192 valence electrons. The van der Waals surface area contributed by atoms with Crippen molar-refractivity contribution in [2.24, 2.45) is 0 Å². The van der Waals surface area contributed by atoms with Gasteiger partial charge in [-0.15, -0.1) is 0 Å². The number of amides is 1. The molecule has 0 heterocycles. The molecule has 0 aliphatic rings. The Morgan fingerprint density at radius 2 is 1.47 bits per heavy atom. The van der Waals surface area contributed by atoms with Crippen LogP contribution in [0.3, 0.4) is 0 Å². The molecule has 1 N–H and O–H groups in total. The zero-order valence-electron chi connectivity index (χ0n) is 19.9. The minimum atomic E-state index is -4.40. The van der Waals surface area contributed by atoms with Gasteiger partial charge in [0.05, 0.1) is 39.0 Å². The van der Waals surface area contributed by atoms with Crippen LogP contribution in [0.5, 0.6) is 23.0 Å². The number of halogens is 2. The Bertz CT molecular complexity index is 1370. The minimum absolute atomic E-state index is 0.00655. The fraction of sp³-hybridized carbons (Fsp3) is 0.208.